The number of nitrogens with one attached hydrogen (secondary N) is 1. The van der Waals surface area contributed by atoms with Crippen molar-refractivity contribution in [2.75, 3.05) is 40.9 Å². The lowest BCUT2D eigenvalue weighted by Gasteiger charge is -2.25. The van der Waals surface area contributed by atoms with E-state index in [-0.39, 0.29) is 19.1 Å². The molecule has 8 nitrogen and oxygen atoms in total. The zero-order chi connectivity index (χ0) is 51.3. The van der Waals surface area contributed by atoms with Crippen LogP contribution in [-0.4, -0.2) is 73.4 Å². The molecule has 0 aromatic rings. The molecule has 9 heteroatoms. The molecule has 3 unspecified atom stereocenters. The molecule has 0 saturated heterocycles. The summed E-state index contributed by atoms with van der Waals surface area (Å²) in [5.41, 5.74) is 0. The van der Waals surface area contributed by atoms with Crippen molar-refractivity contribution >= 4 is 13.7 Å². The Kier molecular flexibility index (Phi) is 52.1. The summed E-state index contributed by atoms with van der Waals surface area (Å²) in [6.07, 6.45) is 67.2. The Morgan fingerprint density at radius 1 is 0.471 bits per heavy atom. The number of likely N-dealkylation sites (N-methyl/N-ethyl adjacent to an activating group) is 1. The standard InChI is InChI=1S/C61H121N2O6P/c1-6-8-10-12-14-16-18-20-22-24-26-28-30-32-34-36-38-40-42-44-46-48-50-52-54-60(64)59(58-69-70(66,67)68-57-56-63(3,4)5)62-61(65)55-53-51-49-47-45-43-41-39-37-35-33-31-29-27-25-23-21-19-17-15-13-11-9-7-2/h44,46,52,54,59-60,64H,6-43,45,47-51,53,55-58H2,1-5H3,(H-,62,65,66,67)/p+1/b46-44+,54-52+. The fourth-order valence-electron chi connectivity index (χ4n) is 9.36. The van der Waals surface area contributed by atoms with Gasteiger partial charge in [0.15, 0.2) is 0 Å². The number of aliphatic hydroxyl groups is 1. The third kappa shape index (κ3) is 54.7. The Labute approximate surface area is 436 Å². The fraction of sp³-hybridized carbons (Fsp3) is 0.918. The number of carbonyl (C=O) groups excluding carboxylic acids is 1. The number of unbranched alkanes of at least 4 members (excludes halogenated alkanes) is 42. The lowest BCUT2D eigenvalue weighted by molar-refractivity contribution is -0.870. The van der Waals surface area contributed by atoms with E-state index in [1.807, 2.05) is 27.2 Å². The molecule has 0 aliphatic carbocycles. The molecule has 0 spiro atoms. The molecule has 0 fully saturated rings. The van der Waals surface area contributed by atoms with Crippen LogP contribution in [0, 0.1) is 0 Å². The van der Waals surface area contributed by atoms with Crippen molar-refractivity contribution in [3.63, 3.8) is 0 Å². The van der Waals surface area contributed by atoms with Crippen LogP contribution in [0.15, 0.2) is 24.3 Å². The van der Waals surface area contributed by atoms with Crippen molar-refractivity contribution in [1.29, 1.82) is 0 Å². The maximum absolute atomic E-state index is 13.0. The number of allylic oxidation sites excluding steroid dienone is 3. The summed E-state index contributed by atoms with van der Waals surface area (Å²) in [7, 11) is 1.57. The highest BCUT2D eigenvalue weighted by molar-refractivity contribution is 7.47. The number of nitrogens with zero attached hydrogens (tertiary/aromatic N) is 1. The van der Waals surface area contributed by atoms with E-state index in [9.17, 15) is 19.4 Å². The first-order valence-corrected chi connectivity index (χ1v) is 32.2. The molecule has 0 bridgehead atoms. The molecule has 0 aromatic heterocycles. The van der Waals surface area contributed by atoms with Gasteiger partial charge in [-0.2, -0.15) is 0 Å². The van der Waals surface area contributed by atoms with Crippen LogP contribution in [0.25, 0.3) is 0 Å². The lowest BCUT2D eigenvalue weighted by atomic mass is 10.0. The van der Waals surface area contributed by atoms with Gasteiger partial charge in [0.2, 0.25) is 5.91 Å². The first-order valence-electron chi connectivity index (χ1n) is 30.7. The monoisotopic (exact) mass is 1010 g/mol. The average molecular weight is 1010 g/mol. The van der Waals surface area contributed by atoms with Gasteiger partial charge in [0.1, 0.15) is 13.2 Å². The van der Waals surface area contributed by atoms with Gasteiger partial charge in [-0.05, 0) is 32.1 Å². The third-order valence-corrected chi connectivity index (χ3v) is 15.2. The van der Waals surface area contributed by atoms with Gasteiger partial charge in [0.25, 0.3) is 0 Å². The Morgan fingerprint density at radius 2 is 0.786 bits per heavy atom. The van der Waals surface area contributed by atoms with Crippen LogP contribution in [0.4, 0.5) is 0 Å². The van der Waals surface area contributed by atoms with Crippen molar-refractivity contribution < 1.29 is 32.9 Å². The number of hydrogen-bond acceptors (Lipinski definition) is 5. The maximum atomic E-state index is 13.0. The molecule has 3 atom stereocenters. The number of carbonyl (C=O) groups is 1. The largest absolute Gasteiger partial charge is 0.472 e. The minimum absolute atomic E-state index is 0.0589. The Morgan fingerprint density at radius 3 is 1.14 bits per heavy atom. The van der Waals surface area contributed by atoms with Crippen molar-refractivity contribution in [2.45, 2.75) is 321 Å². The number of phosphoric acid groups is 1. The minimum Gasteiger partial charge on any atom is -0.387 e. The summed E-state index contributed by atoms with van der Waals surface area (Å²) >= 11 is 0. The number of rotatable bonds is 57. The van der Waals surface area contributed by atoms with Crippen molar-refractivity contribution in [3.8, 4) is 0 Å². The summed E-state index contributed by atoms with van der Waals surface area (Å²) in [6.45, 7) is 4.85. The van der Waals surface area contributed by atoms with Crippen LogP contribution in [0.5, 0.6) is 0 Å². The summed E-state index contributed by atoms with van der Waals surface area (Å²) in [6, 6.07) is -0.860. The van der Waals surface area contributed by atoms with Crippen LogP contribution in [0.2, 0.25) is 0 Å². The van der Waals surface area contributed by atoms with Gasteiger partial charge in [-0.15, -0.1) is 0 Å². The summed E-state index contributed by atoms with van der Waals surface area (Å²) < 4.78 is 23.7. The van der Waals surface area contributed by atoms with E-state index in [0.717, 1.165) is 38.5 Å². The number of aliphatic hydroxyl groups excluding tert-OH is 1. The third-order valence-electron chi connectivity index (χ3n) is 14.2. The highest BCUT2D eigenvalue weighted by Gasteiger charge is 2.27. The molecule has 70 heavy (non-hydrogen) atoms. The van der Waals surface area contributed by atoms with E-state index in [4.69, 9.17) is 9.05 Å². The second-order valence-electron chi connectivity index (χ2n) is 22.4. The van der Waals surface area contributed by atoms with Gasteiger partial charge in [0, 0.05) is 6.42 Å². The van der Waals surface area contributed by atoms with Crippen molar-refractivity contribution in [2.24, 2.45) is 0 Å². The van der Waals surface area contributed by atoms with E-state index in [1.165, 1.54) is 250 Å². The SMILES string of the molecule is CCCCCCCCCCCCCCCCCCCC/C=C/CC/C=C/C(O)C(COP(=O)(O)OCC[N+](C)(C)C)NC(=O)CCCCCCCCCCCCCCCCCCCCCCCCCC. The van der Waals surface area contributed by atoms with Crippen LogP contribution >= 0.6 is 7.82 Å². The molecule has 3 N–H and O–H groups in total. The molecule has 0 radical (unpaired) electrons. The van der Waals surface area contributed by atoms with E-state index < -0.39 is 20.0 Å². The van der Waals surface area contributed by atoms with Gasteiger partial charge in [-0.25, -0.2) is 4.57 Å². The predicted molar refractivity (Wildman–Crippen MR) is 305 cm³/mol. The van der Waals surface area contributed by atoms with E-state index >= 15 is 0 Å². The normalized spacial score (nSPS) is 14.0. The Hall–Kier alpha value is -1.02. The zero-order valence-corrected chi connectivity index (χ0v) is 48.4. The number of phosphoric ester groups is 1. The fourth-order valence-corrected chi connectivity index (χ4v) is 10.1. The number of amides is 1. The van der Waals surface area contributed by atoms with Crippen LogP contribution < -0.4 is 5.32 Å². The van der Waals surface area contributed by atoms with Gasteiger partial charge < -0.3 is 19.8 Å². The molecule has 416 valence electrons. The Balaban J connectivity index is 4.18. The molecular formula is C61H122N2O6P+. The zero-order valence-electron chi connectivity index (χ0n) is 47.5. The predicted octanol–water partition coefficient (Wildman–Crippen LogP) is 18.8. The first-order chi connectivity index (χ1) is 34.0. The second-order valence-corrected chi connectivity index (χ2v) is 23.9. The maximum Gasteiger partial charge on any atom is 0.472 e. The van der Waals surface area contributed by atoms with Gasteiger partial charge >= 0.3 is 7.82 Å². The molecular weight excluding hydrogens is 888 g/mol. The van der Waals surface area contributed by atoms with Crippen LogP contribution in [0.3, 0.4) is 0 Å². The highest BCUT2D eigenvalue weighted by atomic mass is 31.2. The Bertz CT molecular complexity index is 1190. The quantitative estimate of drug-likeness (QED) is 0.0243. The second kappa shape index (κ2) is 52.8. The topological polar surface area (TPSA) is 105 Å². The van der Waals surface area contributed by atoms with Crippen LogP contribution in [0.1, 0.15) is 309 Å². The summed E-state index contributed by atoms with van der Waals surface area (Å²) in [5.74, 6) is -0.180. The van der Waals surface area contributed by atoms with E-state index in [0.29, 0.717) is 17.4 Å². The van der Waals surface area contributed by atoms with E-state index in [2.05, 4.69) is 31.3 Å². The van der Waals surface area contributed by atoms with Crippen molar-refractivity contribution in [1.82, 2.24) is 5.32 Å². The molecule has 0 heterocycles. The highest BCUT2D eigenvalue weighted by Crippen LogP contribution is 2.43. The van der Waals surface area contributed by atoms with Gasteiger partial charge in [0.05, 0.1) is 39.9 Å². The molecule has 0 aliphatic rings. The first kappa shape index (κ1) is 69.0. The molecule has 0 aliphatic heterocycles. The average Bonchev–Trinajstić information content (AvgIpc) is 3.32. The smallest absolute Gasteiger partial charge is 0.387 e. The van der Waals surface area contributed by atoms with Crippen LogP contribution in [-0.2, 0) is 18.4 Å². The van der Waals surface area contributed by atoms with Crippen molar-refractivity contribution in [3.05, 3.63) is 24.3 Å². The molecule has 1 amide bonds. The summed E-state index contributed by atoms with van der Waals surface area (Å²) in [5, 5.41) is 13.9. The minimum atomic E-state index is -4.35. The number of hydrogen-bond donors (Lipinski definition) is 3. The van der Waals surface area contributed by atoms with Gasteiger partial charge in [-0.1, -0.05) is 295 Å². The number of quaternary nitrogens is 1. The van der Waals surface area contributed by atoms with Gasteiger partial charge in [-0.3, -0.25) is 13.8 Å². The molecule has 0 rings (SSSR count). The lowest BCUT2D eigenvalue weighted by Crippen LogP contribution is -2.45. The molecule has 0 saturated carbocycles. The summed E-state index contributed by atoms with van der Waals surface area (Å²) in [4.78, 5) is 23.3. The van der Waals surface area contributed by atoms with E-state index in [1.54, 1.807) is 6.08 Å². The molecule has 0 aromatic carbocycles.